The molecule has 0 aliphatic carbocycles. The van der Waals surface area contributed by atoms with E-state index in [1.807, 2.05) is 0 Å². The Morgan fingerprint density at radius 2 is 2.15 bits per heavy atom. The van der Waals surface area contributed by atoms with Crippen LogP contribution < -0.4 is 10.1 Å². The predicted octanol–water partition coefficient (Wildman–Crippen LogP) is 3.15. The number of fused-ring (bicyclic) bond motifs is 1. The minimum absolute atomic E-state index is 0.0492. The van der Waals surface area contributed by atoms with E-state index >= 15 is 0 Å². The number of rotatable bonds is 7. The second kappa shape index (κ2) is 8.31. The highest BCUT2D eigenvalue weighted by atomic mass is 32.2. The molecule has 0 unspecified atom stereocenters. The molecule has 0 aromatic carbocycles. The number of Topliss-reactive ketones (excluding diaryl/α,β-unsaturated/α-hetero) is 1. The Kier molecular flexibility index (Phi) is 5.87. The van der Waals surface area contributed by atoms with Gasteiger partial charge in [-0.15, -0.1) is 11.3 Å². The summed E-state index contributed by atoms with van der Waals surface area (Å²) in [5.74, 6) is 1.33. The van der Waals surface area contributed by atoms with Gasteiger partial charge in [0.1, 0.15) is 16.6 Å². The first-order chi connectivity index (χ1) is 13.0. The van der Waals surface area contributed by atoms with E-state index in [0.717, 1.165) is 10.3 Å². The molecule has 8 nitrogen and oxygen atoms in total. The molecule has 0 atom stereocenters. The first kappa shape index (κ1) is 19.1. The summed E-state index contributed by atoms with van der Waals surface area (Å²) in [6, 6.07) is 5.26. The number of thioether (sulfide) groups is 1. The zero-order valence-electron chi connectivity index (χ0n) is 14.6. The van der Waals surface area contributed by atoms with Crippen molar-refractivity contribution in [2.24, 2.45) is 0 Å². The standard InChI is InChI=1S/C17H16N4O4S2/c1-9-20-15-12(5-10(25-2)6-18-15)16(21-9)26-8-13(22)14-4-3-11(27-14)7-19-17(23)24/h3-6,19H,7-8H2,1-2H3,(H,23,24). The van der Waals surface area contributed by atoms with Crippen molar-refractivity contribution in [2.45, 2.75) is 18.5 Å². The third-order valence-corrected chi connectivity index (χ3v) is 5.65. The zero-order valence-corrected chi connectivity index (χ0v) is 16.2. The van der Waals surface area contributed by atoms with Crippen molar-refractivity contribution in [1.29, 1.82) is 0 Å². The number of nitrogens with zero attached hydrogens (tertiary/aromatic N) is 3. The fourth-order valence-electron chi connectivity index (χ4n) is 2.28. The number of hydrogen-bond acceptors (Lipinski definition) is 8. The number of ether oxygens (including phenoxy) is 1. The number of amides is 1. The quantitative estimate of drug-likeness (QED) is 0.351. The Morgan fingerprint density at radius 3 is 2.89 bits per heavy atom. The normalized spacial score (nSPS) is 10.7. The summed E-state index contributed by atoms with van der Waals surface area (Å²) in [6.45, 7) is 1.96. The molecule has 27 heavy (non-hydrogen) atoms. The fourth-order valence-corrected chi connectivity index (χ4v) is 4.18. The summed E-state index contributed by atoms with van der Waals surface area (Å²) < 4.78 is 5.20. The molecule has 0 radical (unpaired) electrons. The van der Waals surface area contributed by atoms with Crippen molar-refractivity contribution < 1.29 is 19.4 Å². The molecule has 0 saturated carbocycles. The third kappa shape index (κ3) is 4.72. The van der Waals surface area contributed by atoms with E-state index in [1.54, 1.807) is 38.4 Å². The molecule has 140 valence electrons. The van der Waals surface area contributed by atoms with Crippen LogP contribution in [0, 0.1) is 6.92 Å². The lowest BCUT2D eigenvalue weighted by molar-refractivity contribution is 0.102. The van der Waals surface area contributed by atoms with Crippen molar-refractivity contribution in [3.8, 4) is 5.75 Å². The topological polar surface area (TPSA) is 114 Å². The summed E-state index contributed by atoms with van der Waals surface area (Å²) in [5, 5.41) is 12.3. The third-order valence-electron chi connectivity index (χ3n) is 3.53. The smallest absolute Gasteiger partial charge is 0.404 e. The van der Waals surface area contributed by atoms with Gasteiger partial charge in [0.15, 0.2) is 11.4 Å². The van der Waals surface area contributed by atoms with Crippen LogP contribution in [0.15, 0.2) is 29.4 Å². The van der Waals surface area contributed by atoms with Gasteiger partial charge in [-0.2, -0.15) is 0 Å². The van der Waals surface area contributed by atoms with Crippen LogP contribution in [0.5, 0.6) is 5.75 Å². The highest BCUT2D eigenvalue weighted by molar-refractivity contribution is 8.00. The van der Waals surface area contributed by atoms with Gasteiger partial charge in [0.2, 0.25) is 0 Å². The number of pyridine rings is 1. The Labute approximate surface area is 163 Å². The summed E-state index contributed by atoms with van der Waals surface area (Å²) in [5.41, 5.74) is 0.552. The summed E-state index contributed by atoms with van der Waals surface area (Å²) in [7, 11) is 1.56. The van der Waals surface area contributed by atoms with Gasteiger partial charge in [0, 0.05) is 4.88 Å². The molecule has 3 rings (SSSR count). The average Bonchev–Trinajstić information content (AvgIpc) is 3.13. The SMILES string of the molecule is COc1cnc2nc(C)nc(SCC(=O)c3ccc(CNC(=O)O)s3)c2c1. The fraction of sp³-hybridized carbons (Fsp3) is 0.235. The maximum atomic E-state index is 12.5. The molecule has 0 aliphatic heterocycles. The van der Waals surface area contributed by atoms with Gasteiger partial charge in [-0.1, -0.05) is 11.8 Å². The first-order valence-corrected chi connectivity index (χ1v) is 9.66. The van der Waals surface area contributed by atoms with E-state index in [-0.39, 0.29) is 18.1 Å². The molecule has 0 spiro atoms. The van der Waals surface area contributed by atoms with Crippen molar-refractivity contribution in [3.05, 3.63) is 40.0 Å². The van der Waals surface area contributed by atoms with Gasteiger partial charge in [-0.05, 0) is 25.1 Å². The van der Waals surface area contributed by atoms with Crippen LogP contribution >= 0.6 is 23.1 Å². The number of thiophene rings is 1. The van der Waals surface area contributed by atoms with Crippen LogP contribution in [0.1, 0.15) is 20.4 Å². The van der Waals surface area contributed by atoms with Gasteiger partial charge in [0.25, 0.3) is 0 Å². The number of methoxy groups -OCH3 is 1. The summed E-state index contributed by atoms with van der Waals surface area (Å²) in [6.07, 6.45) is 0.495. The van der Waals surface area contributed by atoms with Gasteiger partial charge in [-0.25, -0.2) is 19.7 Å². The molecule has 2 N–H and O–H groups in total. The number of carbonyl (C=O) groups is 2. The molecule has 10 heteroatoms. The van der Waals surface area contributed by atoms with E-state index in [2.05, 4.69) is 20.3 Å². The second-order valence-electron chi connectivity index (χ2n) is 5.46. The lowest BCUT2D eigenvalue weighted by Crippen LogP contribution is -2.19. The molecule has 0 fully saturated rings. The van der Waals surface area contributed by atoms with E-state index < -0.39 is 6.09 Å². The van der Waals surface area contributed by atoms with Gasteiger partial charge in [-0.3, -0.25) is 4.79 Å². The maximum Gasteiger partial charge on any atom is 0.404 e. The largest absolute Gasteiger partial charge is 0.495 e. The number of aryl methyl sites for hydroxylation is 1. The number of carboxylic acid groups (broad SMARTS) is 1. The Bertz CT molecular complexity index is 1010. The monoisotopic (exact) mass is 404 g/mol. The minimum Gasteiger partial charge on any atom is -0.495 e. The van der Waals surface area contributed by atoms with Gasteiger partial charge in [0.05, 0.1) is 35.9 Å². The molecule has 3 heterocycles. The van der Waals surface area contributed by atoms with Gasteiger partial charge >= 0.3 is 6.09 Å². The highest BCUT2D eigenvalue weighted by Gasteiger charge is 2.14. The van der Waals surface area contributed by atoms with E-state index in [0.29, 0.717) is 27.1 Å². The number of ketones is 1. The molecule has 0 aliphatic rings. The summed E-state index contributed by atoms with van der Waals surface area (Å²) in [4.78, 5) is 37.4. The Balaban J connectivity index is 1.74. The maximum absolute atomic E-state index is 12.5. The van der Waals surface area contributed by atoms with Crippen molar-refractivity contribution >= 4 is 46.0 Å². The van der Waals surface area contributed by atoms with Crippen LogP contribution in [0.2, 0.25) is 0 Å². The highest BCUT2D eigenvalue weighted by Crippen LogP contribution is 2.28. The molecular formula is C17H16N4O4S2. The minimum atomic E-state index is -1.10. The van der Waals surface area contributed by atoms with Crippen LogP contribution in [0.3, 0.4) is 0 Å². The van der Waals surface area contributed by atoms with Crippen LogP contribution in [-0.4, -0.2) is 44.8 Å². The van der Waals surface area contributed by atoms with Crippen LogP contribution in [0.25, 0.3) is 11.0 Å². The molecule has 3 aromatic heterocycles. The van der Waals surface area contributed by atoms with Crippen molar-refractivity contribution in [2.75, 3.05) is 12.9 Å². The van der Waals surface area contributed by atoms with E-state index in [9.17, 15) is 9.59 Å². The molecule has 1 amide bonds. The number of nitrogens with one attached hydrogen (secondary N) is 1. The second-order valence-corrected chi connectivity index (χ2v) is 7.59. The van der Waals surface area contributed by atoms with Crippen molar-refractivity contribution in [1.82, 2.24) is 20.3 Å². The summed E-state index contributed by atoms with van der Waals surface area (Å²) >= 11 is 2.59. The van der Waals surface area contributed by atoms with Gasteiger partial charge < -0.3 is 15.2 Å². The number of carbonyl (C=O) groups excluding carboxylic acids is 1. The molecule has 3 aromatic rings. The lowest BCUT2D eigenvalue weighted by Gasteiger charge is -2.07. The number of hydrogen-bond donors (Lipinski definition) is 2. The van der Waals surface area contributed by atoms with Crippen molar-refractivity contribution in [3.63, 3.8) is 0 Å². The molecule has 0 saturated heterocycles. The lowest BCUT2D eigenvalue weighted by atomic mass is 10.3. The van der Waals surface area contributed by atoms with E-state index in [1.165, 1.54) is 23.1 Å². The molecular weight excluding hydrogens is 388 g/mol. The molecule has 0 bridgehead atoms. The van der Waals surface area contributed by atoms with E-state index in [4.69, 9.17) is 9.84 Å². The first-order valence-electron chi connectivity index (χ1n) is 7.86. The van der Waals surface area contributed by atoms with Crippen LogP contribution in [-0.2, 0) is 6.54 Å². The Morgan fingerprint density at radius 1 is 1.33 bits per heavy atom. The predicted molar refractivity (Wildman–Crippen MR) is 103 cm³/mol. The number of aromatic nitrogens is 3. The zero-order chi connectivity index (χ0) is 19.4. The van der Waals surface area contributed by atoms with Crippen LogP contribution in [0.4, 0.5) is 4.79 Å². The Hall–Kier alpha value is -2.72. The average molecular weight is 404 g/mol.